The number of carboxylic acid groups (broad SMARTS) is 1. The Kier molecular flexibility index (Phi) is 12.8. The molecule has 0 fully saturated rings. The number of nitrogens with zero attached hydrogens (tertiary/aromatic N) is 1. The lowest BCUT2D eigenvalue weighted by atomic mass is 10.0. The summed E-state index contributed by atoms with van der Waals surface area (Å²) in [6.07, 6.45) is -1.36. The first-order chi connectivity index (χ1) is 27.7. The van der Waals surface area contributed by atoms with Crippen LogP contribution >= 0.6 is 0 Å². The number of aromatic amines is 1. The van der Waals surface area contributed by atoms with Crippen molar-refractivity contribution in [2.24, 2.45) is 0 Å². The van der Waals surface area contributed by atoms with Gasteiger partial charge in [-0.05, 0) is 84.1 Å². The van der Waals surface area contributed by atoms with E-state index in [1.54, 1.807) is 12.1 Å². The number of para-hydroxylation sites is 1. The van der Waals surface area contributed by atoms with Crippen molar-refractivity contribution >= 4 is 42.7 Å². The normalized spacial score (nSPS) is 12.7. The van der Waals surface area contributed by atoms with E-state index in [4.69, 9.17) is 9.16 Å². The molecule has 1 aromatic heterocycles. The zero-order valence-electron chi connectivity index (χ0n) is 33.9. The SMILES string of the molecule is CC(Cc1cccc(NC(=O)Nc2ccccc2-c2ccccc2)c1)N(C[C@@H](O[Si](C)(C)C(C)(C)C)c1ccc(OCc2ccccc2)c2[nH]c(=O)ccc12)C(=O)O. The van der Waals surface area contributed by atoms with Gasteiger partial charge in [-0.3, -0.25) is 4.79 Å². The Morgan fingerprint density at radius 2 is 1.48 bits per heavy atom. The predicted molar refractivity (Wildman–Crippen MR) is 235 cm³/mol. The van der Waals surface area contributed by atoms with Crippen molar-refractivity contribution in [2.75, 3.05) is 17.2 Å². The summed E-state index contributed by atoms with van der Waals surface area (Å²) in [5.41, 5.74) is 5.99. The number of carbonyl (C=O) groups is 2. The number of H-pyrrole nitrogens is 1. The molecule has 1 unspecified atom stereocenters. The molecular formula is C47H52N4O6Si. The lowest BCUT2D eigenvalue weighted by Gasteiger charge is -2.41. The van der Waals surface area contributed by atoms with Crippen LogP contribution in [0.1, 0.15) is 50.5 Å². The molecule has 58 heavy (non-hydrogen) atoms. The summed E-state index contributed by atoms with van der Waals surface area (Å²) in [6, 6.07) is 40.8. The van der Waals surface area contributed by atoms with Crippen molar-refractivity contribution in [3.05, 3.63) is 161 Å². The average molecular weight is 797 g/mol. The largest absolute Gasteiger partial charge is 0.487 e. The molecule has 3 amide bonds. The van der Waals surface area contributed by atoms with Gasteiger partial charge in [0, 0.05) is 28.7 Å². The minimum atomic E-state index is -2.48. The van der Waals surface area contributed by atoms with E-state index in [0.29, 0.717) is 35.7 Å². The Hall–Kier alpha value is -6.17. The molecule has 0 saturated heterocycles. The van der Waals surface area contributed by atoms with Crippen LogP contribution in [0, 0.1) is 0 Å². The summed E-state index contributed by atoms with van der Waals surface area (Å²) in [4.78, 5) is 43.4. The first-order valence-electron chi connectivity index (χ1n) is 19.5. The number of benzene rings is 5. The molecule has 6 rings (SSSR count). The van der Waals surface area contributed by atoms with E-state index in [0.717, 1.165) is 33.2 Å². The number of ether oxygens (including phenoxy) is 1. The van der Waals surface area contributed by atoms with Crippen LogP contribution in [0.3, 0.4) is 0 Å². The second-order valence-corrected chi connectivity index (χ2v) is 20.8. The van der Waals surface area contributed by atoms with Crippen molar-refractivity contribution in [1.82, 2.24) is 9.88 Å². The number of pyridine rings is 1. The lowest BCUT2D eigenvalue weighted by Crippen LogP contribution is -2.47. The fourth-order valence-corrected chi connectivity index (χ4v) is 7.98. The maximum absolute atomic E-state index is 13.2. The van der Waals surface area contributed by atoms with E-state index in [9.17, 15) is 19.5 Å². The second kappa shape index (κ2) is 18.0. The summed E-state index contributed by atoms with van der Waals surface area (Å²) < 4.78 is 13.3. The molecule has 10 nitrogen and oxygen atoms in total. The van der Waals surface area contributed by atoms with E-state index in [2.05, 4.69) is 49.5 Å². The highest BCUT2D eigenvalue weighted by Gasteiger charge is 2.41. The van der Waals surface area contributed by atoms with Gasteiger partial charge in [0.25, 0.3) is 0 Å². The molecule has 2 atom stereocenters. The zero-order chi connectivity index (χ0) is 41.5. The van der Waals surface area contributed by atoms with E-state index in [1.165, 1.54) is 11.0 Å². The third-order valence-corrected chi connectivity index (χ3v) is 15.3. The van der Waals surface area contributed by atoms with Crippen LogP contribution in [-0.4, -0.2) is 48.0 Å². The van der Waals surface area contributed by atoms with Crippen molar-refractivity contribution in [3.8, 4) is 16.9 Å². The van der Waals surface area contributed by atoms with Crippen LogP contribution in [0.2, 0.25) is 18.1 Å². The van der Waals surface area contributed by atoms with Gasteiger partial charge in [-0.15, -0.1) is 0 Å². The van der Waals surface area contributed by atoms with Gasteiger partial charge in [0.2, 0.25) is 5.56 Å². The molecule has 11 heteroatoms. The maximum Gasteiger partial charge on any atom is 0.407 e. The minimum Gasteiger partial charge on any atom is -0.487 e. The number of aromatic nitrogens is 1. The number of rotatable bonds is 14. The maximum atomic E-state index is 13.2. The van der Waals surface area contributed by atoms with Gasteiger partial charge in [-0.1, -0.05) is 118 Å². The third kappa shape index (κ3) is 10.2. The fourth-order valence-electron chi connectivity index (χ4n) is 6.71. The molecular weight excluding hydrogens is 745 g/mol. The molecule has 4 N–H and O–H groups in total. The topological polar surface area (TPSA) is 133 Å². The number of amides is 3. The highest BCUT2D eigenvalue weighted by Crippen LogP contribution is 2.42. The fraction of sp³-hybridized carbons (Fsp3) is 0.255. The van der Waals surface area contributed by atoms with Crippen molar-refractivity contribution in [2.45, 2.75) is 71.0 Å². The van der Waals surface area contributed by atoms with E-state index in [-0.39, 0.29) is 17.1 Å². The lowest BCUT2D eigenvalue weighted by molar-refractivity contribution is 0.0848. The molecule has 0 bridgehead atoms. The van der Waals surface area contributed by atoms with Crippen molar-refractivity contribution in [1.29, 1.82) is 0 Å². The van der Waals surface area contributed by atoms with Crippen molar-refractivity contribution < 1.29 is 23.9 Å². The Labute approximate surface area is 341 Å². The zero-order valence-corrected chi connectivity index (χ0v) is 34.9. The molecule has 0 aliphatic carbocycles. The number of anilines is 2. The molecule has 6 aromatic rings. The highest BCUT2D eigenvalue weighted by molar-refractivity contribution is 6.74. The third-order valence-electron chi connectivity index (χ3n) is 10.8. The van der Waals surface area contributed by atoms with Gasteiger partial charge >= 0.3 is 12.1 Å². The Balaban J connectivity index is 1.24. The Bertz CT molecular complexity index is 2410. The molecule has 0 aliphatic heterocycles. The van der Waals surface area contributed by atoms with Gasteiger partial charge in [0.1, 0.15) is 12.4 Å². The summed E-state index contributed by atoms with van der Waals surface area (Å²) in [5, 5.41) is 17.2. The summed E-state index contributed by atoms with van der Waals surface area (Å²) in [6.45, 7) is 13.0. The monoisotopic (exact) mass is 796 g/mol. The first-order valence-corrected chi connectivity index (χ1v) is 22.4. The summed E-state index contributed by atoms with van der Waals surface area (Å²) in [7, 11) is -2.48. The molecule has 5 aromatic carbocycles. The van der Waals surface area contributed by atoms with E-state index in [1.807, 2.05) is 122 Å². The standard InChI is InChI=1S/C47H52N4O6Si/c1-32(28-34-18-15-21-36(29-34)48-45(53)49-40-23-14-13-22-37(40)35-19-11-8-12-20-35)51(46(54)55)30-42(57-58(5,6)47(2,3)4)38-24-26-41(44-39(38)25-27-43(52)50-44)56-31-33-16-9-7-10-17-33/h7-27,29,32,42H,28,30-31H2,1-6H3,(H,50,52)(H,54,55)(H2,48,49,53)/t32?,42-/m1/s1. The van der Waals surface area contributed by atoms with Gasteiger partial charge in [-0.2, -0.15) is 0 Å². The molecule has 0 radical (unpaired) electrons. The van der Waals surface area contributed by atoms with Crippen LogP contribution in [0.5, 0.6) is 5.75 Å². The van der Waals surface area contributed by atoms with Gasteiger partial charge < -0.3 is 34.8 Å². The van der Waals surface area contributed by atoms with Crippen LogP contribution in [0.15, 0.2) is 138 Å². The minimum absolute atomic E-state index is 0.0443. The number of carbonyl (C=O) groups excluding carboxylic acids is 1. The summed E-state index contributed by atoms with van der Waals surface area (Å²) in [5.74, 6) is 0.511. The predicted octanol–water partition coefficient (Wildman–Crippen LogP) is 11.1. The molecule has 1 heterocycles. The molecule has 0 spiro atoms. The number of hydrogen-bond donors (Lipinski definition) is 4. The molecule has 0 aliphatic rings. The Morgan fingerprint density at radius 1 is 0.810 bits per heavy atom. The summed E-state index contributed by atoms with van der Waals surface area (Å²) >= 11 is 0. The Morgan fingerprint density at radius 3 is 2.19 bits per heavy atom. The molecule has 0 saturated carbocycles. The highest BCUT2D eigenvalue weighted by atomic mass is 28.4. The number of fused-ring (bicyclic) bond motifs is 1. The van der Waals surface area contributed by atoms with Crippen LogP contribution in [0.4, 0.5) is 21.0 Å². The van der Waals surface area contributed by atoms with E-state index >= 15 is 0 Å². The second-order valence-electron chi connectivity index (χ2n) is 16.1. The van der Waals surface area contributed by atoms with Crippen LogP contribution in [-0.2, 0) is 17.5 Å². The number of hydrogen-bond acceptors (Lipinski definition) is 5. The van der Waals surface area contributed by atoms with Gasteiger partial charge in [-0.25, -0.2) is 9.59 Å². The number of urea groups is 1. The van der Waals surface area contributed by atoms with Gasteiger partial charge in [0.15, 0.2) is 8.32 Å². The quantitative estimate of drug-likeness (QED) is 0.0811. The van der Waals surface area contributed by atoms with Crippen LogP contribution in [0.25, 0.3) is 22.0 Å². The first kappa shape index (κ1) is 41.5. The molecule has 300 valence electrons. The average Bonchev–Trinajstić information content (AvgIpc) is 3.19. The van der Waals surface area contributed by atoms with Crippen molar-refractivity contribution in [3.63, 3.8) is 0 Å². The van der Waals surface area contributed by atoms with E-state index < -0.39 is 32.6 Å². The smallest absolute Gasteiger partial charge is 0.407 e. The van der Waals surface area contributed by atoms with Gasteiger partial charge in [0.05, 0.1) is 23.9 Å². The van der Waals surface area contributed by atoms with Crippen LogP contribution < -0.4 is 20.9 Å². The number of nitrogens with one attached hydrogen (secondary N) is 3.